The first-order valence-electron chi connectivity index (χ1n) is 5.96. The number of carboxylic acids is 1. The predicted octanol–water partition coefficient (Wildman–Crippen LogP) is 2.85. The van der Waals surface area contributed by atoms with Crippen molar-refractivity contribution in [3.05, 3.63) is 34.7 Å². The van der Waals surface area contributed by atoms with Crippen LogP contribution < -0.4 is 0 Å². The lowest BCUT2D eigenvalue weighted by Gasteiger charge is -2.09. The molecule has 0 bridgehead atoms. The molecule has 6 heteroatoms. The van der Waals surface area contributed by atoms with Crippen LogP contribution in [0, 0.1) is 0 Å². The zero-order valence-corrected chi connectivity index (χ0v) is 11.6. The highest BCUT2D eigenvalue weighted by Crippen LogP contribution is 2.37. The molecule has 2 heterocycles. The molecule has 100 valence electrons. The molecule has 0 radical (unpaired) electrons. The molecule has 0 saturated carbocycles. The van der Waals surface area contributed by atoms with E-state index in [-0.39, 0.29) is 10.6 Å². The van der Waals surface area contributed by atoms with E-state index >= 15 is 0 Å². The number of thiophene rings is 1. The molecule has 1 aromatic heterocycles. The van der Waals surface area contributed by atoms with Gasteiger partial charge in [-0.1, -0.05) is 6.07 Å². The van der Waals surface area contributed by atoms with Crippen molar-refractivity contribution in [3.8, 4) is 0 Å². The number of rotatable bonds is 2. The second-order valence-electron chi connectivity index (χ2n) is 4.71. The zero-order chi connectivity index (χ0) is 13.6. The van der Waals surface area contributed by atoms with Crippen LogP contribution >= 0.6 is 11.3 Å². The average Bonchev–Trinajstić information content (AvgIpc) is 2.90. The average molecular weight is 296 g/mol. The van der Waals surface area contributed by atoms with E-state index in [0.717, 1.165) is 15.6 Å². The summed E-state index contributed by atoms with van der Waals surface area (Å²) in [5.41, 5.74) is 0.778. The van der Waals surface area contributed by atoms with Crippen molar-refractivity contribution in [2.45, 2.75) is 18.1 Å². The molecule has 1 unspecified atom stereocenters. The molecule has 19 heavy (non-hydrogen) atoms. The summed E-state index contributed by atoms with van der Waals surface area (Å²) in [5, 5.41) is 9.35. The van der Waals surface area contributed by atoms with Crippen LogP contribution in [0.25, 0.3) is 10.1 Å². The van der Waals surface area contributed by atoms with Gasteiger partial charge in [-0.05, 0) is 42.0 Å². The maximum Gasteiger partial charge on any atom is 0.345 e. The lowest BCUT2D eigenvalue weighted by atomic mass is 10.1. The van der Waals surface area contributed by atoms with Crippen LogP contribution in [0.5, 0.6) is 0 Å². The van der Waals surface area contributed by atoms with E-state index in [9.17, 15) is 13.2 Å². The molecule has 1 atom stereocenters. The summed E-state index contributed by atoms with van der Waals surface area (Å²) in [6.07, 6.45) is 1.36. The highest BCUT2D eigenvalue weighted by Gasteiger charge is 2.32. The topological polar surface area (TPSA) is 71.4 Å². The Labute approximate surface area is 114 Å². The summed E-state index contributed by atoms with van der Waals surface area (Å²) in [6, 6.07) is 7.03. The molecule has 0 amide bonds. The van der Waals surface area contributed by atoms with Gasteiger partial charge in [0.15, 0.2) is 9.84 Å². The number of sulfone groups is 1. The highest BCUT2D eigenvalue weighted by atomic mass is 32.2. The lowest BCUT2D eigenvalue weighted by molar-refractivity contribution is 0.0702. The third kappa shape index (κ3) is 2.15. The fourth-order valence-electron chi connectivity index (χ4n) is 2.53. The monoisotopic (exact) mass is 296 g/mol. The summed E-state index contributed by atoms with van der Waals surface area (Å²) in [7, 11) is -3.03. The summed E-state index contributed by atoms with van der Waals surface area (Å²) in [6.45, 7) is 0. The smallest absolute Gasteiger partial charge is 0.345 e. The summed E-state index contributed by atoms with van der Waals surface area (Å²) in [4.78, 5) is 11.2. The van der Waals surface area contributed by atoms with Crippen molar-refractivity contribution in [1.82, 2.24) is 0 Å². The van der Waals surface area contributed by atoms with Crippen molar-refractivity contribution in [2.24, 2.45) is 0 Å². The molecule has 1 N–H and O–H groups in total. The van der Waals surface area contributed by atoms with E-state index in [1.54, 1.807) is 12.1 Å². The van der Waals surface area contributed by atoms with Gasteiger partial charge in [0.25, 0.3) is 0 Å². The highest BCUT2D eigenvalue weighted by molar-refractivity contribution is 7.91. The van der Waals surface area contributed by atoms with Crippen molar-refractivity contribution >= 4 is 37.2 Å². The van der Waals surface area contributed by atoms with Crippen LogP contribution in [0.3, 0.4) is 0 Å². The number of fused-ring (bicyclic) bond motifs is 1. The van der Waals surface area contributed by atoms with E-state index in [1.165, 1.54) is 11.3 Å². The first kappa shape index (κ1) is 12.6. The first-order chi connectivity index (χ1) is 8.97. The van der Waals surface area contributed by atoms with Gasteiger partial charge in [-0.3, -0.25) is 0 Å². The van der Waals surface area contributed by atoms with Crippen LogP contribution in [-0.4, -0.2) is 25.2 Å². The van der Waals surface area contributed by atoms with Crippen molar-refractivity contribution in [1.29, 1.82) is 0 Å². The summed E-state index contributed by atoms with van der Waals surface area (Å²) in [5.74, 6) is -0.698. The number of carbonyl (C=O) groups is 1. The van der Waals surface area contributed by atoms with E-state index in [0.29, 0.717) is 12.8 Å². The Morgan fingerprint density at radius 3 is 2.74 bits per heavy atom. The third-order valence-corrected chi connectivity index (χ3v) is 6.79. The maximum absolute atomic E-state index is 11.9. The Morgan fingerprint density at radius 2 is 2.11 bits per heavy atom. The van der Waals surface area contributed by atoms with Crippen molar-refractivity contribution in [3.63, 3.8) is 0 Å². The minimum absolute atomic E-state index is 0.250. The molecule has 1 fully saturated rings. The second kappa shape index (κ2) is 4.31. The van der Waals surface area contributed by atoms with Crippen LogP contribution in [0.2, 0.25) is 0 Å². The van der Waals surface area contributed by atoms with E-state index in [4.69, 9.17) is 5.11 Å². The van der Waals surface area contributed by atoms with Gasteiger partial charge in [-0.15, -0.1) is 11.3 Å². The maximum atomic E-state index is 11.9. The van der Waals surface area contributed by atoms with Crippen LogP contribution in [0.15, 0.2) is 24.3 Å². The van der Waals surface area contributed by atoms with Crippen molar-refractivity contribution in [2.75, 3.05) is 5.75 Å². The molecular formula is C13H12O4S2. The van der Waals surface area contributed by atoms with Gasteiger partial charge in [0.2, 0.25) is 0 Å². The molecule has 0 spiro atoms. The molecule has 1 saturated heterocycles. The molecule has 3 rings (SSSR count). The Kier molecular flexibility index (Phi) is 2.87. The van der Waals surface area contributed by atoms with Gasteiger partial charge in [-0.25, -0.2) is 13.2 Å². The van der Waals surface area contributed by atoms with Gasteiger partial charge in [0, 0.05) is 4.70 Å². The summed E-state index contributed by atoms with van der Waals surface area (Å²) < 4.78 is 24.7. The minimum atomic E-state index is -3.03. The first-order valence-corrected chi connectivity index (χ1v) is 8.49. The normalized spacial score (nSPS) is 21.8. The number of carboxylic acid groups (broad SMARTS) is 1. The largest absolute Gasteiger partial charge is 0.477 e. The predicted molar refractivity (Wildman–Crippen MR) is 74.5 cm³/mol. The standard InChI is InChI=1S/C13H12O4S2/c14-13(15)11-7-9-6-8(3-4-10(9)18-11)12-2-1-5-19(12,16)17/h3-4,6-7,12H,1-2,5H2,(H,14,15). The molecule has 1 aliphatic rings. The number of benzene rings is 1. The fraction of sp³-hybridized carbons (Fsp3) is 0.308. The van der Waals surface area contributed by atoms with E-state index in [2.05, 4.69) is 0 Å². The lowest BCUT2D eigenvalue weighted by Crippen LogP contribution is -2.07. The van der Waals surface area contributed by atoms with Gasteiger partial charge in [0.05, 0.1) is 11.0 Å². The molecule has 4 nitrogen and oxygen atoms in total. The van der Waals surface area contributed by atoms with Crippen LogP contribution in [-0.2, 0) is 9.84 Å². The van der Waals surface area contributed by atoms with Gasteiger partial charge < -0.3 is 5.11 Å². The Hall–Kier alpha value is -1.40. The number of hydrogen-bond acceptors (Lipinski definition) is 4. The SMILES string of the molecule is O=C(O)c1cc2cc(C3CCCS3(=O)=O)ccc2s1. The fourth-order valence-corrected chi connectivity index (χ4v) is 5.36. The van der Waals surface area contributed by atoms with Crippen LogP contribution in [0.1, 0.15) is 33.3 Å². The molecule has 2 aromatic rings. The zero-order valence-electron chi connectivity index (χ0n) is 10.00. The number of hydrogen-bond donors (Lipinski definition) is 1. The second-order valence-corrected chi connectivity index (χ2v) is 8.10. The van der Waals surface area contributed by atoms with E-state index in [1.807, 2.05) is 12.1 Å². The van der Waals surface area contributed by atoms with Gasteiger partial charge in [0.1, 0.15) is 4.88 Å². The Bertz CT molecular complexity index is 758. The quantitative estimate of drug-likeness (QED) is 0.925. The molecule has 1 aromatic carbocycles. The Balaban J connectivity index is 2.09. The van der Waals surface area contributed by atoms with E-state index < -0.39 is 21.1 Å². The third-order valence-electron chi connectivity index (χ3n) is 3.45. The van der Waals surface area contributed by atoms with Gasteiger partial charge >= 0.3 is 5.97 Å². The Morgan fingerprint density at radius 1 is 1.32 bits per heavy atom. The molecule has 0 aliphatic carbocycles. The minimum Gasteiger partial charge on any atom is -0.477 e. The number of aromatic carboxylic acids is 1. The van der Waals surface area contributed by atoms with Crippen molar-refractivity contribution < 1.29 is 18.3 Å². The summed E-state index contributed by atoms with van der Waals surface area (Å²) >= 11 is 1.21. The molecule has 1 aliphatic heterocycles. The molecular weight excluding hydrogens is 284 g/mol. The van der Waals surface area contributed by atoms with Gasteiger partial charge in [-0.2, -0.15) is 0 Å². The van der Waals surface area contributed by atoms with Crippen LogP contribution in [0.4, 0.5) is 0 Å².